The van der Waals surface area contributed by atoms with E-state index in [4.69, 9.17) is 11.1 Å². The Morgan fingerprint density at radius 1 is 1.15 bits per heavy atom. The minimum Gasteiger partial charge on any atom is -0.334 e. The van der Waals surface area contributed by atoms with Crippen LogP contribution in [0, 0.1) is 5.41 Å². The van der Waals surface area contributed by atoms with Crippen LogP contribution in [0.3, 0.4) is 0 Å². The SMILES string of the molecule is CCC1CN(S(=O)(=O)c2ccc(CCN)cc2)C(=N)N1C1CCCC1.Cl.Cl. The molecular weight excluding hydrogens is 407 g/mol. The Bertz CT molecular complexity index is 721. The molecule has 1 aliphatic heterocycles. The van der Waals surface area contributed by atoms with Gasteiger partial charge in [-0.1, -0.05) is 31.9 Å². The standard InChI is InChI=1S/C18H28N4O2S.2ClH/c1-2-15-13-21(18(20)22(15)16-5-3-4-6-16)25(23,24)17-9-7-14(8-10-17)11-12-19;;/h7-10,15-16,20H,2-6,11-13,19H2,1H3;2*1H. The van der Waals surface area contributed by atoms with Crippen LogP contribution >= 0.6 is 24.8 Å². The van der Waals surface area contributed by atoms with E-state index < -0.39 is 10.0 Å². The summed E-state index contributed by atoms with van der Waals surface area (Å²) in [5.41, 5.74) is 6.57. The van der Waals surface area contributed by atoms with Crippen LogP contribution in [0.15, 0.2) is 29.2 Å². The zero-order valence-corrected chi connectivity index (χ0v) is 18.1. The van der Waals surface area contributed by atoms with Crippen molar-refractivity contribution in [2.75, 3.05) is 13.1 Å². The van der Waals surface area contributed by atoms with Crippen molar-refractivity contribution in [1.82, 2.24) is 9.21 Å². The molecule has 9 heteroatoms. The third-order valence-corrected chi connectivity index (χ3v) is 7.15. The summed E-state index contributed by atoms with van der Waals surface area (Å²) in [6, 6.07) is 7.29. The Morgan fingerprint density at radius 2 is 1.74 bits per heavy atom. The Hall–Kier alpha value is -1.02. The number of rotatable bonds is 6. The third kappa shape index (κ3) is 4.70. The fraction of sp³-hybridized carbons (Fsp3) is 0.611. The van der Waals surface area contributed by atoms with Crippen LogP contribution in [-0.4, -0.2) is 48.8 Å². The molecule has 1 aliphatic carbocycles. The highest BCUT2D eigenvalue weighted by atomic mass is 35.5. The molecule has 27 heavy (non-hydrogen) atoms. The number of hydrogen-bond donors (Lipinski definition) is 2. The van der Waals surface area contributed by atoms with Crippen molar-refractivity contribution < 1.29 is 8.42 Å². The molecule has 1 aromatic carbocycles. The van der Waals surface area contributed by atoms with Gasteiger partial charge in [0.15, 0.2) is 0 Å². The zero-order valence-electron chi connectivity index (χ0n) is 15.6. The molecule has 0 aromatic heterocycles. The first-order chi connectivity index (χ1) is 12.0. The lowest BCUT2D eigenvalue weighted by atomic mass is 10.1. The van der Waals surface area contributed by atoms with E-state index in [-0.39, 0.29) is 41.7 Å². The number of nitrogens with one attached hydrogen (secondary N) is 1. The molecule has 3 rings (SSSR count). The summed E-state index contributed by atoms with van der Waals surface area (Å²) in [4.78, 5) is 2.30. The fourth-order valence-electron chi connectivity index (χ4n) is 3.98. The zero-order chi connectivity index (χ0) is 18.0. The summed E-state index contributed by atoms with van der Waals surface area (Å²) in [7, 11) is -3.69. The Balaban J connectivity index is 0.00000182. The molecule has 1 atom stereocenters. The first kappa shape index (κ1) is 24.0. The minimum atomic E-state index is -3.69. The topological polar surface area (TPSA) is 90.5 Å². The molecule has 1 aromatic rings. The molecule has 154 valence electrons. The van der Waals surface area contributed by atoms with Crippen LogP contribution in [-0.2, 0) is 16.4 Å². The van der Waals surface area contributed by atoms with Crippen molar-refractivity contribution in [2.45, 2.75) is 62.4 Å². The Morgan fingerprint density at radius 3 is 2.26 bits per heavy atom. The van der Waals surface area contributed by atoms with E-state index in [1.807, 2.05) is 17.0 Å². The van der Waals surface area contributed by atoms with Crippen molar-refractivity contribution in [3.63, 3.8) is 0 Å². The molecule has 0 bridgehead atoms. The molecule has 0 spiro atoms. The number of guanidine groups is 1. The van der Waals surface area contributed by atoms with E-state index in [2.05, 4.69) is 6.92 Å². The lowest BCUT2D eigenvalue weighted by molar-refractivity contribution is 0.259. The van der Waals surface area contributed by atoms with Gasteiger partial charge in [-0.3, -0.25) is 5.41 Å². The second-order valence-corrected chi connectivity index (χ2v) is 8.81. The molecule has 1 saturated carbocycles. The molecular formula is C18H30Cl2N4O2S. The first-order valence-corrected chi connectivity index (χ1v) is 10.6. The number of halogens is 2. The maximum absolute atomic E-state index is 13.1. The van der Waals surface area contributed by atoms with Gasteiger partial charge in [-0.05, 0) is 49.9 Å². The maximum atomic E-state index is 13.1. The monoisotopic (exact) mass is 436 g/mol. The van der Waals surface area contributed by atoms with Gasteiger partial charge in [0.05, 0.1) is 17.5 Å². The molecule has 1 unspecified atom stereocenters. The predicted molar refractivity (Wildman–Crippen MR) is 113 cm³/mol. The summed E-state index contributed by atoms with van der Waals surface area (Å²) < 4.78 is 27.4. The Labute approximate surface area is 174 Å². The molecule has 2 aliphatic rings. The van der Waals surface area contributed by atoms with Crippen LogP contribution < -0.4 is 5.73 Å². The third-order valence-electron chi connectivity index (χ3n) is 5.38. The van der Waals surface area contributed by atoms with E-state index in [9.17, 15) is 8.42 Å². The van der Waals surface area contributed by atoms with Crippen molar-refractivity contribution >= 4 is 40.8 Å². The molecule has 1 heterocycles. The van der Waals surface area contributed by atoms with E-state index in [0.29, 0.717) is 19.1 Å². The van der Waals surface area contributed by atoms with Crippen molar-refractivity contribution in [1.29, 1.82) is 5.41 Å². The lowest BCUT2D eigenvalue weighted by Gasteiger charge is -2.30. The average Bonchev–Trinajstić information content (AvgIpc) is 3.23. The maximum Gasteiger partial charge on any atom is 0.266 e. The van der Waals surface area contributed by atoms with Crippen LogP contribution in [0.1, 0.15) is 44.6 Å². The van der Waals surface area contributed by atoms with Gasteiger partial charge in [0, 0.05) is 6.04 Å². The van der Waals surface area contributed by atoms with Gasteiger partial charge in [0.2, 0.25) is 5.96 Å². The van der Waals surface area contributed by atoms with E-state index in [1.54, 1.807) is 12.1 Å². The lowest BCUT2D eigenvalue weighted by Crippen LogP contribution is -2.43. The summed E-state index contributed by atoms with van der Waals surface area (Å²) >= 11 is 0. The molecule has 0 radical (unpaired) electrons. The molecule has 6 nitrogen and oxygen atoms in total. The smallest absolute Gasteiger partial charge is 0.266 e. The number of hydrogen-bond acceptors (Lipinski definition) is 4. The van der Waals surface area contributed by atoms with Gasteiger partial charge in [-0.25, -0.2) is 12.7 Å². The predicted octanol–water partition coefficient (Wildman–Crippen LogP) is 2.99. The van der Waals surface area contributed by atoms with Gasteiger partial charge in [-0.2, -0.15) is 0 Å². The highest BCUT2D eigenvalue weighted by Gasteiger charge is 2.43. The van der Waals surface area contributed by atoms with Crippen molar-refractivity contribution in [2.24, 2.45) is 5.73 Å². The highest BCUT2D eigenvalue weighted by molar-refractivity contribution is 7.89. The second kappa shape index (κ2) is 9.96. The van der Waals surface area contributed by atoms with Crippen LogP contribution in [0.2, 0.25) is 0 Å². The van der Waals surface area contributed by atoms with Crippen LogP contribution in [0.25, 0.3) is 0 Å². The number of benzene rings is 1. The van der Waals surface area contributed by atoms with Gasteiger partial charge in [0.1, 0.15) is 0 Å². The summed E-state index contributed by atoms with van der Waals surface area (Å²) in [6.45, 7) is 2.98. The summed E-state index contributed by atoms with van der Waals surface area (Å²) in [6.07, 6.45) is 6.02. The number of sulfonamides is 1. The molecule has 3 N–H and O–H groups in total. The molecule has 0 amide bonds. The quantitative estimate of drug-likeness (QED) is 0.716. The molecule has 2 fully saturated rings. The fourth-order valence-corrected chi connectivity index (χ4v) is 5.41. The summed E-state index contributed by atoms with van der Waals surface area (Å²) in [5, 5.41) is 8.53. The highest BCUT2D eigenvalue weighted by Crippen LogP contribution is 2.33. The van der Waals surface area contributed by atoms with Gasteiger partial charge >= 0.3 is 0 Å². The number of nitrogens with two attached hydrogens (primary N) is 1. The average molecular weight is 437 g/mol. The van der Waals surface area contributed by atoms with E-state index in [0.717, 1.165) is 31.2 Å². The largest absolute Gasteiger partial charge is 0.334 e. The summed E-state index contributed by atoms with van der Waals surface area (Å²) in [5.74, 6) is 0.143. The van der Waals surface area contributed by atoms with Crippen molar-refractivity contribution in [3.05, 3.63) is 29.8 Å². The number of nitrogens with zero attached hydrogens (tertiary/aromatic N) is 2. The van der Waals surface area contributed by atoms with E-state index in [1.165, 1.54) is 17.1 Å². The van der Waals surface area contributed by atoms with Crippen LogP contribution in [0.4, 0.5) is 0 Å². The van der Waals surface area contributed by atoms with Gasteiger partial charge in [-0.15, -0.1) is 24.8 Å². The van der Waals surface area contributed by atoms with Gasteiger partial charge in [0.25, 0.3) is 10.0 Å². The normalized spacial score (nSPS) is 20.5. The van der Waals surface area contributed by atoms with E-state index >= 15 is 0 Å². The second-order valence-electron chi connectivity index (χ2n) is 6.95. The minimum absolute atomic E-state index is 0. The Kier molecular flexibility index (Phi) is 8.86. The van der Waals surface area contributed by atoms with Crippen LogP contribution in [0.5, 0.6) is 0 Å². The first-order valence-electron chi connectivity index (χ1n) is 9.17. The van der Waals surface area contributed by atoms with Crippen molar-refractivity contribution in [3.8, 4) is 0 Å². The van der Waals surface area contributed by atoms with Gasteiger partial charge < -0.3 is 10.6 Å². The molecule has 1 saturated heterocycles.